The molecule has 0 radical (unpaired) electrons. The molecule has 0 saturated heterocycles. The maximum Gasteiger partial charge on any atom is 0.149 e. The fourth-order valence-electron chi connectivity index (χ4n) is 1.41. The monoisotopic (exact) mass is 205 g/mol. The zero-order valence-electron chi connectivity index (χ0n) is 8.16. The van der Waals surface area contributed by atoms with Gasteiger partial charge in [-0.05, 0) is 25.5 Å². The van der Waals surface area contributed by atoms with Crippen molar-refractivity contribution in [3.05, 3.63) is 22.7 Å². The van der Waals surface area contributed by atoms with Crippen molar-refractivity contribution in [3.63, 3.8) is 0 Å². The Bertz CT molecular complexity index is 514. The van der Waals surface area contributed by atoms with Gasteiger partial charge in [-0.15, -0.1) is 16.4 Å². The van der Waals surface area contributed by atoms with E-state index in [9.17, 15) is 0 Å². The Morgan fingerprint density at radius 3 is 2.71 bits per heavy atom. The van der Waals surface area contributed by atoms with Crippen LogP contribution in [0.1, 0.15) is 16.1 Å². The van der Waals surface area contributed by atoms with Crippen LogP contribution in [-0.4, -0.2) is 10.2 Å². The lowest BCUT2D eigenvalue weighted by Crippen LogP contribution is -1.93. The summed E-state index contributed by atoms with van der Waals surface area (Å²) in [4.78, 5) is 1.86. The minimum absolute atomic E-state index is 0.774. The first-order valence-electron chi connectivity index (χ1n) is 4.29. The van der Waals surface area contributed by atoms with Crippen LogP contribution in [-0.2, 0) is 0 Å². The molecule has 0 spiro atoms. The smallest absolute Gasteiger partial charge is 0.149 e. The molecule has 3 nitrogen and oxygen atoms in total. The molecule has 0 amide bonds. The summed E-state index contributed by atoms with van der Waals surface area (Å²) in [6.07, 6.45) is 1.76. The highest BCUT2D eigenvalue weighted by Crippen LogP contribution is 2.35. The Kier molecular flexibility index (Phi) is 2.00. The van der Waals surface area contributed by atoms with Gasteiger partial charge in [0.2, 0.25) is 0 Å². The number of aromatic nitrogens is 2. The number of thiophene rings is 1. The molecule has 0 aliphatic heterocycles. The number of nitrogen functional groups attached to an aromatic ring is 1. The van der Waals surface area contributed by atoms with Crippen LogP contribution in [0.5, 0.6) is 0 Å². The summed E-state index contributed by atoms with van der Waals surface area (Å²) in [5.41, 5.74) is 8.80. The number of fused-ring (bicyclic) bond motifs is 1. The minimum Gasteiger partial charge on any atom is -0.397 e. The van der Waals surface area contributed by atoms with Crippen LogP contribution in [0.2, 0.25) is 0 Å². The third-order valence-corrected chi connectivity index (χ3v) is 3.43. The Hall–Kier alpha value is -1.42. The molecule has 2 rings (SSSR count). The zero-order valence-corrected chi connectivity index (χ0v) is 8.98. The zero-order chi connectivity index (χ0) is 10.3. The molecule has 0 aliphatic rings. The third-order valence-electron chi connectivity index (χ3n) is 2.35. The Balaban J connectivity index is 2.93. The molecule has 0 atom stereocenters. The Morgan fingerprint density at radius 1 is 1.36 bits per heavy atom. The molecule has 72 valence electrons. The maximum atomic E-state index is 5.99. The molecule has 0 saturated carbocycles. The molecule has 2 aromatic heterocycles. The van der Waals surface area contributed by atoms with E-state index >= 15 is 0 Å². The van der Waals surface area contributed by atoms with Gasteiger partial charge in [0.05, 0.1) is 16.3 Å². The largest absolute Gasteiger partial charge is 0.397 e. The van der Waals surface area contributed by atoms with E-state index in [0.717, 1.165) is 32.0 Å². The van der Waals surface area contributed by atoms with Gasteiger partial charge in [0.1, 0.15) is 4.83 Å². The van der Waals surface area contributed by atoms with Gasteiger partial charge in [-0.3, -0.25) is 0 Å². The van der Waals surface area contributed by atoms with E-state index in [0.29, 0.717) is 0 Å². The fraction of sp³-hybridized carbons (Fsp3) is 0.200. The average molecular weight is 205 g/mol. The first-order valence-corrected chi connectivity index (χ1v) is 5.11. The molecule has 14 heavy (non-hydrogen) atoms. The standard InChI is InChI=1S/C10H11N3S/c1-4-7-9(11)8-5(2)6(3)12-13-10(8)14-7/h4H,1,11H2,2-3H3. The highest BCUT2D eigenvalue weighted by Gasteiger charge is 2.12. The van der Waals surface area contributed by atoms with Gasteiger partial charge in [0.15, 0.2) is 0 Å². The number of rotatable bonds is 1. The average Bonchev–Trinajstić information content (AvgIpc) is 2.50. The van der Waals surface area contributed by atoms with Crippen LogP contribution in [0.3, 0.4) is 0 Å². The van der Waals surface area contributed by atoms with Crippen molar-refractivity contribution in [2.24, 2.45) is 0 Å². The summed E-state index contributed by atoms with van der Waals surface area (Å²) in [5, 5.41) is 9.20. The first-order chi connectivity index (χ1) is 6.65. The summed E-state index contributed by atoms with van der Waals surface area (Å²) >= 11 is 1.53. The molecular formula is C10H11N3S. The third kappa shape index (κ3) is 1.11. The predicted octanol–water partition coefficient (Wildman–Crippen LogP) is 2.53. The molecule has 2 aromatic rings. The van der Waals surface area contributed by atoms with Crippen molar-refractivity contribution >= 4 is 33.3 Å². The van der Waals surface area contributed by atoms with Gasteiger partial charge in [-0.2, -0.15) is 5.10 Å². The van der Waals surface area contributed by atoms with E-state index in [1.54, 1.807) is 6.08 Å². The van der Waals surface area contributed by atoms with E-state index in [1.165, 1.54) is 11.3 Å². The van der Waals surface area contributed by atoms with E-state index in [1.807, 2.05) is 13.8 Å². The van der Waals surface area contributed by atoms with Crippen molar-refractivity contribution in [1.29, 1.82) is 0 Å². The number of aryl methyl sites for hydroxylation is 2. The molecule has 0 bridgehead atoms. The van der Waals surface area contributed by atoms with Crippen molar-refractivity contribution < 1.29 is 0 Å². The number of hydrogen-bond donors (Lipinski definition) is 1. The minimum atomic E-state index is 0.774. The van der Waals surface area contributed by atoms with Gasteiger partial charge in [-0.25, -0.2) is 0 Å². The highest BCUT2D eigenvalue weighted by molar-refractivity contribution is 7.20. The second kappa shape index (κ2) is 3.06. The number of hydrogen-bond acceptors (Lipinski definition) is 4. The van der Waals surface area contributed by atoms with Crippen LogP contribution < -0.4 is 5.73 Å². The molecular weight excluding hydrogens is 194 g/mol. The summed E-state index contributed by atoms with van der Waals surface area (Å²) in [7, 11) is 0. The lowest BCUT2D eigenvalue weighted by Gasteiger charge is -1.99. The Labute approximate surface area is 86.3 Å². The van der Waals surface area contributed by atoms with E-state index < -0.39 is 0 Å². The molecule has 2 heterocycles. The molecule has 2 N–H and O–H groups in total. The van der Waals surface area contributed by atoms with Crippen LogP contribution >= 0.6 is 11.3 Å². The first kappa shape index (κ1) is 9.15. The molecule has 0 fully saturated rings. The van der Waals surface area contributed by atoms with Crippen LogP contribution in [0.4, 0.5) is 5.69 Å². The number of nitrogens with zero attached hydrogens (tertiary/aromatic N) is 2. The van der Waals surface area contributed by atoms with Crippen LogP contribution in [0.25, 0.3) is 16.3 Å². The highest BCUT2D eigenvalue weighted by atomic mass is 32.1. The number of nitrogens with two attached hydrogens (primary N) is 1. The predicted molar refractivity (Wildman–Crippen MR) is 61.4 cm³/mol. The summed E-state index contributed by atoms with van der Waals surface area (Å²) in [6.45, 7) is 7.67. The van der Waals surface area contributed by atoms with Crippen molar-refractivity contribution in [1.82, 2.24) is 10.2 Å². The van der Waals surface area contributed by atoms with Crippen molar-refractivity contribution in [3.8, 4) is 0 Å². The maximum absolute atomic E-state index is 5.99. The lowest BCUT2D eigenvalue weighted by atomic mass is 10.1. The Morgan fingerprint density at radius 2 is 2.07 bits per heavy atom. The summed E-state index contributed by atoms with van der Waals surface area (Å²) < 4.78 is 0. The molecule has 0 aromatic carbocycles. The van der Waals surface area contributed by atoms with E-state index in [2.05, 4.69) is 16.8 Å². The lowest BCUT2D eigenvalue weighted by molar-refractivity contribution is 1.01. The SMILES string of the molecule is C=Cc1sc2nnc(C)c(C)c2c1N. The number of anilines is 1. The van der Waals surface area contributed by atoms with Crippen LogP contribution in [0.15, 0.2) is 6.58 Å². The summed E-state index contributed by atoms with van der Waals surface area (Å²) in [6, 6.07) is 0. The molecule has 0 unspecified atom stereocenters. The van der Waals surface area contributed by atoms with Gasteiger partial charge in [-0.1, -0.05) is 6.58 Å². The van der Waals surface area contributed by atoms with Gasteiger partial charge in [0.25, 0.3) is 0 Å². The molecule has 4 heteroatoms. The van der Waals surface area contributed by atoms with Crippen LogP contribution in [0, 0.1) is 13.8 Å². The second-order valence-corrected chi connectivity index (χ2v) is 4.21. The normalized spacial score (nSPS) is 10.7. The second-order valence-electron chi connectivity index (χ2n) is 3.17. The quantitative estimate of drug-likeness (QED) is 0.778. The van der Waals surface area contributed by atoms with Gasteiger partial charge < -0.3 is 5.73 Å². The van der Waals surface area contributed by atoms with Crippen molar-refractivity contribution in [2.75, 3.05) is 5.73 Å². The van der Waals surface area contributed by atoms with Gasteiger partial charge in [0, 0.05) is 5.39 Å². The molecule has 0 aliphatic carbocycles. The topological polar surface area (TPSA) is 51.8 Å². The van der Waals surface area contributed by atoms with E-state index in [4.69, 9.17) is 5.73 Å². The van der Waals surface area contributed by atoms with Gasteiger partial charge >= 0.3 is 0 Å². The summed E-state index contributed by atoms with van der Waals surface area (Å²) in [5.74, 6) is 0. The van der Waals surface area contributed by atoms with E-state index in [-0.39, 0.29) is 0 Å². The fourth-order valence-corrected chi connectivity index (χ4v) is 2.36. The van der Waals surface area contributed by atoms with Crippen molar-refractivity contribution in [2.45, 2.75) is 13.8 Å².